The van der Waals surface area contributed by atoms with Crippen molar-refractivity contribution < 1.29 is 4.74 Å². The summed E-state index contributed by atoms with van der Waals surface area (Å²) in [6.45, 7) is 0. The Bertz CT molecular complexity index is 297. The summed E-state index contributed by atoms with van der Waals surface area (Å²) in [5.41, 5.74) is 5.68. The molecule has 0 bridgehead atoms. The summed E-state index contributed by atoms with van der Waals surface area (Å²) in [7, 11) is 0. The molecule has 1 aromatic carbocycles. The fraction of sp³-hybridized carbons (Fsp3) is 0.400. The van der Waals surface area contributed by atoms with Crippen LogP contribution in [0.15, 0.2) is 24.3 Å². The van der Waals surface area contributed by atoms with E-state index in [2.05, 4.69) is 28.7 Å². The number of halogens is 1. The largest absolute Gasteiger partial charge is 0.489 e. The summed E-state index contributed by atoms with van der Waals surface area (Å²) < 4.78 is 6.93. The standard InChI is InChI=1S/C10H12INO/c11-9-3-1-2-4-10(9)13-8-5-7(12)6-8/h1-4,7-8H,5-6,12H2. The zero-order valence-corrected chi connectivity index (χ0v) is 9.40. The smallest absolute Gasteiger partial charge is 0.133 e. The van der Waals surface area contributed by atoms with Gasteiger partial charge in [0, 0.05) is 6.04 Å². The minimum Gasteiger partial charge on any atom is -0.489 e. The Labute approximate surface area is 91.6 Å². The van der Waals surface area contributed by atoms with Crippen LogP contribution < -0.4 is 10.5 Å². The van der Waals surface area contributed by atoms with Crippen LogP contribution in [0.2, 0.25) is 0 Å². The molecule has 0 unspecified atom stereocenters. The van der Waals surface area contributed by atoms with Crippen molar-refractivity contribution in [1.29, 1.82) is 0 Å². The van der Waals surface area contributed by atoms with E-state index in [0.29, 0.717) is 12.1 Å². The summed E-state index contributed by atoms with van der Waals surface area (Å²) in [6.07, 6.45) is 2.32. The van der Waals surface area contributed by atoms with Crippen molar-refractivity contribution in [3.63, 3.8) is 0 Å². The van der Waals surface area contributed by atoms with E-state index in [1.165, 1.54) is 3.57 Å². The highest BCUT2D eigenvalue weighted by Gasteiger charge is 2.27. The highest BCUT2D eigenvalue weighted by molar-refractivity contribution is 14.1. The van der Waals surface area contributed by atoms with Gasteiger partial charge in [0.1, 0.15) is 11.9 Å². The van der Waals surface area contributed by atoms with Gasteiger partial charge >= 0.3 is 0 Å². The van der Waals surface area contributed by atoms with E-state index >= 15 is 0 Å². The van der Waals surface area contributed by atoms with Crippen LogP contribution in [0.1, 0.15) is 12.8 Å². The summed E-state index contributed by atoms with van der Waals surface area (Å²) in [4.78, 5) is 0. The first-order valence-electron chi connectivity index (χ1n) is 4.42. The molecule has 0 atom stereocenters. The van der Waals surface area contributed by atoms with Crippen LogP contribution in [0, 0.1) is 3.57 Å². The lowest BCUT2D eigenvalue weighted by Crippen LogP contribution is -2.43. The van der Waals surface area contributed by atoms with E-state index in [4.69, 9.17) is 10.5 Å². The summed E-state index contributed by atoms with van der Waals surface area (Å²) >= 11 is 2.28. The average molecular weight is 289 g/mol. The molecule has 13 heavy (non-hydrogen) atoms. The second kappa shape index (κ2) is 3.84. The van der Waals surface area contributed by atoms with Crippen molar-refractivity contribution >= 4 is 22.6 Å². The fourth-order valence-corrected chi connectivity index (χ4v) is 1.94. The van der Waals surface area contributed by atoms with Gasteiger partial charge in [0.25, 0.3) is 0 Å². The monoisotopic (exact) mass is 289 g/mol. The zero-order valence-electron chi connectivity index (χ0n) is 7.24. The third-order valence-corrected chi connectivity index (χ3v) is 3.15. The predicted octanol–water partition coefficient (Wildman–Crippen LogP) is 2.16. The van der Waals surface area contributed by atoms with Gasteiger partial charge in [-0.1, -0.05) is 12.1 Å². The maximum absolute atomic E-state index is 5.76. The molecule has 1 saturated carbocycles. The number of para-hydroxylation sites is 1. The first-order valence-corrected chi connectivity index (χ1v) is 5.50. The van der Waals surface area contributed by atoms with Crippen LogP contribution >= 0.6 is 22.6 Å². The number of ether oxygens (including phenoxy) is 1. The quantitative estimate of drug-likeness (QED) is 0.847. The van der Waals surface area contributed by atoms with Crippen molar-refractivity contribution in [2.45, 2.75) is 25.0 Å². The molecule has 3 heteroatoms. The van der Waals surface area contributed by atoms with Gasteiger partial charge in [-0.2, -0.15) is 0 Å². The highest BCUT2D eigenvalue weighted by atomic mass is 127. The Balaban J connectivity index is 1.98. The number of hydrogen-bond donors (Lipinski definition) is 1. The molecule has 1 fully saturated rings. The first kappa shape index (κ1) is 9.27. The van der Waals surface area contributed by atoms with Gasteiger partial charge in [-0.15, -0.1) is 0 Å². The lowest BCUT2D eigenvalue weighted by Gasteiger charge is -2.32. The number of benzene rings is 1. The molecule has 1 aliphatic rings. The molecule has 0 heterocycles. The second-order valence-corrected chi connectivity index (χ2v) is 4.56. The molecule has 0 radical (unpaired) electrons. The minimum atomic E-state index is 0.339. The lowest BCUT2D eigenvalue weighted by molar-refractivity contribution is 0.0999. The molecule has 2 nitrogen and oxygen atoms in total. The third-order valence-electron chi connectivity index (χ3n) is 2.26. The minimum absolute atomic E-state index is 0.339. The number of nitrogens with two attached hydrogens (primary N) is 1. The van der Waals surface area contributed by atoms with E-state index in [9.17, 15) is 0 Å². The number of rotatable bonds is 2. The SMILES string of the molecule is NC1CC(Oc2ccccc2I)C1. The van der Waals surface area contributed by atoms with Gasteiger partial charge < -0.3 is 10.5 Å². The maximum atomic E-state index is 5.76. The van der Waals surface area contributed by atoms with Crippen LogP contribution in [0.25, 0.3) is 0 Å². The third kappa shape index (κ3) is 2.14. The van der Waals surface area contributed by atoms with Crippen LogP contribution in [0.3, 0.4) is 0 Å². The summed E-state index contributed by atoms with van der Waals surface area (Å²) in [5, 5.41) is 0. The van der Waals surface area contributed by atoms with E-state index < -0.39 is 0 Å². The van der Waals surface area contributed by atoms with Crippen molar-refractivity contribution in [3.8, 4) is 5.75 Å². The molecule has 70 valence electrons. The highest BCUT2D eigenvalue weighted by Crippen LogP contribution is 2.27. The van der Waals surface area contributed by atoms with E-state index in [0.717, 1.165) is 18.6 Å². The van der Waals surface area contributed by atoms with E-state index in [-0.39, 0.29) is 0 Å². The number of hydrogen-bond acceptors (Lipinski definition) is 2. The average Bonchev–Trinajstić information content (AvgIpc) is 2.06. The van der Waals surface area contributed by atoms with Crippen LogP contribution in [-0.2, 0) is 0 Å². The van der Waals surface area contributed by atoms with Gasteiger partial charge in [0.05, 0.1) is 3.57 Å². The maximum Gasteiger partial charge on any atom is 0.133 e. The topological polar surface area (TPSA) is 35.2 Å². The van der Waals surface area contributed by atoms with Gasteiger partial charge in [0.2, 0.25) is 0 Å². The molecule has 2 rings (SSSR count). The normalized spacial score (nSPS) is 26.6. The summed E-state index contributed by atoms with van der Waals surface area (Å²) in [5.74, 6) is 0.986. The molecule has 2 N–H and O–H groups in total. The van der Waals surface area contributed by atoms with Crippen molar-refractivity contribution in [3.05, 3.63) is 27.8 Å². The van der Waals surface area contributed by atoms with Crippen LogP contribution in [-0.4, -0.2) is 12.1 Å². The molecule has 1 aliphatic carbocycles. The summed E-state index contributed by atoms with van der Waals surface area (Å²) in [6, 6.07) is 8.42. The van der Waals surface area contributed by atoms with Gasteiger partial charge in [-0.3, -0.25) is 0 Å². The second-order valence-electron chi connectivity index (χ2n) is 3.40. The molecule has 0 saturated heterocycles. The molecule has 0 aromatic heterocycles. The lowest BCUT2D eigenvalue weighted by atomic mass is 9.90. The van der Waals surface area contributed by atoms with Crippen molar-refractivity contribution in [2.24, 2.45) is 5.73 Å². The Kier molecular flexibility index (Phi) is 2.74. The van der Waals surface area contributed by atoms with Crippen molar-refractivity contribution in [2.75, 3.05) is 0 Å². The molecule has 0 amide bonds. The molecular formula is C10H12INO. The first-order chi connectivity index (χ1) is 6.25. The van der Waals surface area contributed by atoms with Gasteiger partial charge in [-0.25, -0.2) is 0 Å². The Morgan fingerprint density at radius 3 is 2.62 bits per heavy atom. The fourth-order valence-electron chi connectivity index (χ4n) is 1.42. The molecule has 0 aliphatic heterocycles. The van der Waals surface area contributed by atoms with Crippen molar-refractivity contribution in [1.82, 2.24) is 0 Å². The van der Waals surface area contributed by atoms with Gasteiger partial charge in [0.15, 0.2) is 0 Å². The van der Waals surface area contributed by atoms with Crippen LogP contribution in [0.5, 0.6) is 5.75 Å². The predicted molar refractivity (Wildman–Crippen MR) is 60.8 cm³/mol. The Morgan fingerprint density at radius 2 is 2.00 bits per heavy atom. The van der Waals surface area contributed by atoms with E-state index in [1.807, 2.05) is 18.2 Å². The molecular weight excluding hydrogens is 277 g/mol. The Hall–Kier alpha value is -0.290. The van der Waals surface area contributed by atoms with E-state index in [1.54, 1.807) is 0 Å². The molecule has 1 aromatic rings. The van der Waals surface area contributed by atoms with Gasteiger partial charge in [-0.05, 0) is 47.6 Å². The Morgan fingerprint density at radius 1 is 1.31 bits per heavy atom. The van der Waals surface area contributed by atoms with Crippen LogP contribution in [0.4, 0.5) is 0 Å². The molecule has 0 spiro atoms. The zero-order chi connectivity index (χ0) is 9.26.